The summed E-state index contributed by atoms with van der Waals surface area (Å²) in [7, 11) is -5.90. The molecule has 1 N–H and O–H groups in total. The van der Waals surface area contributed by atoms with E-state index in [4.69, 9.17) is 4.55 Å². The Kier molecular flexibility index (Phi) is 2.70. The first kappa shape index (κ1) is 14.6. The molecule has 0 aromatic rings. The Hall–Kier alpha value is -1.35. The smallest absolute Gasteiger partial charge is 0.450 e. The van der Waals surface area contributed by atoms with Crippen LogP contribution in [0.15, 0.2) is 11.6 Å². The third kappa shape index (κ3) is 1.87. The quantitative estimate of drug-likeness (QED) is 0.472. The second-order valence-corrected chi connectivity index (χ2v) is 7.43. The Bertz CT molecular complexity index is 682. The van der Waals surface area contributed by atoms with Gasteiger partial charge in [-0.2, -0.15) is 17.2 Å². The number of rotatable bonds is 3. The van der Waals surface area contributed by atoms with Gasteiger partial charge in [-0.25, -0.2) is 4.79 Å². The number of ether oxygens (including phenoxy) is 1. The summed E-state index contributed by atoms with van der Waals surface area (Å²) in [6.07, 6.45) is 2.08. The van der Waals surface area contributed by atoms with E-state index in [2.05, 4.69) is 4.74 Å². The lowest BCUT2D eigenvalue weighted by molar-refractivity contribution is -0.179. The molecule has 0 aromatic heterocycles. The first-order valence-electron chi connectivity index (χ1n) is 6.30. The van der Waals surface area contributed by atoms with Crippen molar-refractivity contribution in [2.24, 2.45) is 17.8 Å². The molecule has 9 heteroatoms. The SMILES string of the molecule is CC1(OC(=O)C(F)(F)S(=O)(=O)O)C=C2CC3C(=O)C(C1)C23. The van der Waals surface area contributed by atoms with Gasteiger partial charge in [-0.15, -0.1) is 0 Å². The van der Waals surface area contributed by atoms with Crippen molar-refractivity contribution in [3.8, 4) is 0 Å². The maximum Gasteiger partial charge on any atom is 0.465 e. The maximum absolute atomic E-state index is 13.2. The molecule has 0 bridgehead atoms. The molecule has 4 atom stereocenters. The van der Waals surface area contributed by atoms with Crippen molar-refractivity contribution in [1.29, 1.82) is 0 Å². The van der Waals surface area contributed by atoms with Crippen LogP contribution in [0.1, 0.15) is 19.8 Å². The molecular formula is C12H12F2O6S. The molecule has 0 heterocycles. The van der Waals surface area contributed by atoms with Crippen molar-refractivity contribution >= 4 is 21.9 Å². The first-order valence-corrected chi connectivity index (χ1v) is 7.74. The fourth-order valence-corrected chi connectivity index (χ4v) is 3.74. The minimum atomic E-state index is -5.90. The number of allylic oxidation sites excluding steroid dienone is 1. The zero-order valence-corrected chi connectivity index (χ0v) is 11.7. The number of Topliss-reactive ketones (excluding diaryl/α,β-unsaturated/α-hetero) is 1. The highest BCUT2D eigenvalue weighted by Crippen LogP contribution is 2.61. The maximum atomic E-state index is 13.2. The van der Waals surface area contributed by atoms with Crippen LogP contribution >= 0.6 is 0 Å². The van der Waals surface area contributed by atoms with Crippen LogP contribution in [0.4, 0.5) is 8.78 Å². The second kappa shape index (κ2) is 3.89. The molecule has 21 heavy (non-hydrogen) atoms. The largest absolute Gasteiger partial charge is 0.465 e. The van der Waals surface area contributed by atoms with Gasteiger partial charge in [-0.05, 0) is 25.3 Å². The van der Waals surface area contributed by atoms with Crippen molar-refractivity contribution in [2.75, 3.05) is 0 Å². The summed E-state index contributed by atoms with van der Waals surface area (Å²) < 4.78 is 60.5. The van der Waals surface area contributed by atoms with Gasteiger partial charge in [0.05, 0.1) is 0 Å². The number of ketones is 1. The summed E-state index contributed by atoms with van der Waals surface area (Å²) >= 11 is 0. The van der Waals surface area contributed by atoms with Gasteiger partial charge in [0.15, 0.2) is 0 Å². The molecule has 3 aliphatic rings. The Morgan fingerprint density at radius 3 is 2.67 bits per heavy atom. The number of esters is 1. The van der Waals surface area contributed by atoms with E-state index in [-0.39, 0.29) is 30.0 Å². The molecule has 2 saturated carbocycles. The number of hydrogen-bond acceptors (Lipinski definition) is 5. The third-order valence-electron chi connectivity index (χ3n) is 4.49. The van der Waals surface area contributed by atoms with Gasteiger partial charge in [-0.3, -0.25) is 9.35 Å². The van der Waals surface area contributed by atoms with Crippen LogP contribution in [0.5, 0.6) is 0 Å². The monoisotopic (exact) mass is 322 g/mol. The third-order valence-corrected chi connectivity index (χ3v) is 5.30. The highest BCUT2D eigenvalue weighted by atomic mass is 32.2. The standard InChI is InChI=1S/C12H12F2O6S/c1-11(20-10(16)12(13,14)21(17,18)19)3-5-2-6-8(5)7(4-11)9(6)15/h3,6-8H,2,4H2,1H3,(H,17,18,19). The second-order valence-electron chi connectivity index (χ2n) is 5.96. The lowest BCUT2D eigenvalue weighted by Crippen LogP contribution is -2.61. The van der Waals surface area contributed by atoms with Gasteiger partial charge < -0.3 is 4.74 Å². The topological polar surface area (TPSA) is 97.7 Å². The highest BCUT2D eigenvalue weighted by molar-refractivity contribution is 7.87. The fraction of sp³-hybridized carbons (Fsp3) is 0.667. The van der Waals surface area contributed by atoms with Crippen molar-refractivity contribution in [1.82, 2.24) is 0 Å². The molecule has 0 aromatic carbocycles. The van der Waals surface area contributed by atoms with E-state index < -0.39 is 26.9 Å². The van der Waals surface area contributed by atoms with Crippen molar-refractivity contribution in [3.05, 3.63) is 11.6 Å². The van der Waals surface area contributed by atoms with Crippen molar-refractivity contribution in [2.45, 2.75) is 30.6 Å². The summed E-state index contributed by atoms with van der Waals surface area (Å²) in [5, 5.41) is -5.03. The van der Waals surface area contributed by atoms with Gasteiger partial charge in [0, 0.05) is 18.3 Å². The molecule has 2 fully saturated rings. The van der Waals surface area contributed by atoms with Gasteiger partial charge in [-0.1, -0.05) is 5.57 Å². The Morgan fingerprint density at radius 1 is 1.48 bits per heavy atom. The van der Waals surface area contributed by atoms with Crippen LogP contribution in [-0.2, 0) is 24.4 Å². The molecule has 0 amide bonds. The number of carbonyl (C=O) groups is 2. The normalized spacial score (nSPS) is 37.8. The zero-order valence-electron chi connectivity index (χ0n) is 10.9. The van der Waals surface area contributed by atoms with E-state index in [9.17, 15) is 26.8 Å². The molecule has 6 nitrogen and oxygen atoms in total. The first-order chi connectivity index (χ1) is 9.46. The van der Waals surface area contributed by atoms with Crippen LogP contribution in [-0.4, -0.2) is 35.6 Å². The lowest BCUT2D eigenvalue weighted by Gasteiger charge is -2.58. The van der Waals surface area contributed by atoms with Crippen LogP contribution in [0, 0.1) is 17.8 Å². The van der Waals surface area contributed by atoms with Gasteiger partial charge >= 0.3 is 21.3 Å². The molecular weight excluding hydrogens is 310 g/mol. The van der Waals surface area contributed by atoms with Crippen LogP contribution in [0.3, 0.4) is 0 Å². The van der Waals surface area contributed by atoms with Crippen molar-refractivity contribution in [3.63, 3.8) is 0 Å². The van der Waals surface area contributed by atoms with E-state index in [0.29, 0.717) is 6.42 Å². The minimum Gasteiger partial charge on any atom is -0.450 e. The number of hydrogen-bond donors (Lipinski definition) is 1. The van der Waals surface area contributed by atoms with E-state index in [0.717, 1.165) is 5.57 Å². The summed E-state index contributed by atoms with van der Waals surface area (Å²) in [6, 6.07) is 0. The number of carbonyl (C=O) groups excluding carboxylic acids is 2. The number of alkyl halides is 2. The van der Waals surface area contributed by atoms with Gasteiger partial charge in [0.1, 0.15) is 11.4 Å². The van der Waals surface area contributed by atoms with E-state index in [1.807, 2.05) is 0 Å². The molecule has 3 rings (SSSR count). The summed E-state index contributed by atoms with van der Waals surface area (Å²) in [5.41, 5.74) is -0.593. The predicted molar refractivity (Wildman–Crippen MR) is 63.8 cm³/mol. The molecule has 0 saturated heterocycles. The molecule has 0 aliphatic heterocycles. The van der Waals surface area contributed by atoms with Gasteiger partial charge in [0.25, 0.3) is 0 Å². The highest BCUT2D eigenvalue weighted by Gasteiger charge is 2.63. The lowest BCUT2D eigenvalue weighted by atomic mass is 9.45. The van der Waals surface area contributed by atoms with Crippen LogP contribution < -0.4 is 0 Å². The number of halogens is 2. The van der Waals surface area contributed by atoms with E-state index in [1.165, 1.54) is 13.0 Å². The summed E-state index contributed by atoms with van der Waals surface area (Å²) in [5.74, 6) is -2.56. The molecule has 116 valence electrons. The van der Waals surface area contributed by atoms with Crippen LogP contribution in [0.2, 0.25) is 0 Å². The molecule has 0 spiro atoms. The van der Waals surface area contributed by atoms with Crippen molar-refractivity contribution < 1.29 is 36.1 Å². The van der Waals surface area contributed by atoms with Gasteiger partial charge in [0.2, 0.25) is 0 Å². The molecule has 4 unspecified atom stereocenters. The van der Waals surface area contributed by atoms with E-state index >= 15 is 0 Å². The summed E-state index contributed by atoms with van der Waals surface area (Å²) in [4.78, 5) is 23.1. The van der Waals surface area contributed by atoms with E-state index in [1.54, 1.807) is 0 Å². The summed E-state index contributed by atoms with van der Waals surface area (Å²) in [6.45, 7) is 1.34. The predicted octanol–water partition coefficient (Wildman–Crippen LogP) is 0.934. The zero-order chi connectivity index (χ0) is 15.8. The Balaban J connectivity index is 1.82. The molecule has 3 aliphatic carbocycles. The Morgan fingerprint density at radius 2 is 2.10 bits per heavy atom. The fourth-order valence-electron chi connectivity index (χ4n) is 3.48. The molecule has 0 radical (unpaired) electrons. The average molecular weight is 322 g/mol. The van der Waals surface area contributed by atoms with Crippen LogP contribution in [0.25, 0.3) is 0 Å². The Labute approximate surface area is 118 Å². The minimum absolute atomic E-state index is 0.000706. The average Bonchev–Trinajstić information content (AvgIpc) is 2.29.